The van der Waals surface area contributed by atoms with Gasteiger partial charge in [0.1, 0.15) is 11.6 Å². The zero-order valence-corrected chi connectivity index (χ0v) is 14.8. The Morgan fingerprint density at radius 3 is 2.26 bits per heavy atom. The number of rotatable bonds is 5. The van der Waals surface area contributed by atoms with Crippen LogP contribution in [-0.2, 0) is 4.79 Å². The quantitative estimate of drug-likeness (QED) is 0.847. The zero-order valence-electron chi connectivity index (χ0n) is 14.8. The van der Waals surface area contributed by atoms with Gasteiger partial charge in [-0.1, -0.05) is 18.2 Å². The molecule has 2 N–H and O–H groups in total. The van der Waals surface area contributed by atoms with Crippen molar-refractivity contribution in [1.82, 2.24) is 10.2 Å². The molecular weight excluding hydrogens is 352 g/mol. The summed E-state index contributed by atoms with van der Waals surface area (Å²) in [6, 6.07) is 11.9. The first-order valence-corrected chi connectivity index (χ1v) is 8.84. The van der Waals surface area contributed by atoms with Gasteiger partial charge in [-0.3, -0.25) is 14.5 Å². The third kappa shape index (κ3) is 5.59. The molecule has 1 saturated heterocycles. The molecule has 0 atom stereocenters. The number of carbonyl (C=O) groups excluding carboxylic acids is 2. The van der Waals surface area contributed by atoms with Crippen molar-refractivity contribution in [2.75, 3.05) is 25.0 Å². The average molecular weight is 373 g/mol. The van der Waals surface area contributed by atoms with E-state index >= 15 is 0 Å². The minimum Gasteiger partial charge on any atom is -0.349 e. The molecule has 0 aromatic heterocycles. The molecule has 0 radical (unpaired) electrons. The molecule has 2 amide bonds. The van der Waals surface area contributed by atoms with E-state index < -0.39 is 17.5 Å². The van der Waals surface area contributed by atoms with Crippen molar-refractivity contribution < 1.29 is 18.4 Å². The van der Waals surface area contributed by atoms with Crippen LogP contribution in [0, 0.1) is 11.6 Å². The SMILES string of the molecule is O=C(CN1CCC(NC(=O)c2cc(F)cc(F)c2)CC1)Nc1ccccc1. The van der Waals surface area contributed by atoms with Crippen molar-refractivity contribution >= 4 is 17.5 Å². The Hall–Kier alpha value is -2.80. The molecule has 7 heteroatoms. The molecule has 142 valence electrons. The van der Waals surface area contributed by atoms with E-state index in [4.69, 9.17) is 0 Å². The van der Waals surface area contributed by atoms with Crippen LogP contribution in [-0.4, -0.2) is 42.4 Å². The molecule has 2 aromatic rings. The second-order valence-corrected chi connectivity index (χ2v) is 6.60. The molecule has 0 aliphatic carbocycles. The van der Waals surface area contributed by atoms with Gasteiger partial charge in [-0.25, -0.2) is 8.78 Å². The number of nitrogens with zero attached hydrogens (tertiary/aromatic N) is 1. The summed E-state index contributed by atoms with van der Waals surface area (Å²) < 4.78 is 26.5. The van der Waals surface area contributed by atoms with Crippen molar-refractivity contribution in [3.63, 3.8) is 0 Å². The fraction of sp³-hybridized carbons (Fsp3) is 0.300. The molecule has 1 aliphatic heterocycles. The Balaban J connectivity index is 1.44. The van der Waals surface area contributed by atoms with Crippen molar-refractivity contribution in [3.8, 4) is 0 Å². The lowest BCUT2D eigenvalue weighted by Crippen LogP contribution is -2.46. The molecule has 0 unspecified atom stereocenters. The van der Waals surface area contributed by atoms with Gasteiger partial charge in [-0.05, 0) is 37.1 Å². The fourth-order valence-corrected chi connectivity index (χ4v) is 3.11. The first kappa shape index (κ1) is 19.0. The molecule has 2 aromatic carbocycles. The lowest BCUT2D eigenvalue weighted by Gasteiger charge is -2.31. The van der Waals surface area contributed by atoms with Crippen LogP contribution in [0.1, 0.15) is 23.2 Å². The van der Waals surface area contributed by atoms with E-state index in [9.17, 15) is 18.4 Å². The number of anilines is 1. The van der Waals surface area contributed by atoms with Gasteiger partial charge >= 0.3 is 0 Å². The molecule has 0 bridgehead atoms. The number of carbonyl (C=O) groups is 2. The Labute approximate surface area is 156 Å². The van der Waals surface area contributed by atoms with Crippen LogP contribution in [0.4, 0.5) is 14.5 Å². The summed E-state index contributed by atoms with van der Waals surface area (Å²) in [6.07, 6.45) is 1.34. The predicted octanol–water partition coefficient (Wildman–Crippen LogP) is 2.80. The number of hydrogen-bond donors (Lipinski definition) is 2. The molecule has 3 rings (SSSR count). The molecular formula is C20H21F2N3O2. The Bertz CT molecular complexity index is 786. The van der Waals surface area contributed by atoms with Gasteiger partial charge in [0.25, 0.3) is 5.91 Å². The van der Waals surface area contributed by atoms with Crippen molar-refractivity contribution in [2.24, 2.45) is 0 Å². The lowest BCUT2D eigenvalue weighted by atomic mass is 10.0. The molecule has 5 nitrogen and oxygen atoms in total. The number of para-hydroxylation sites is 1. The molecule has 1 aliphatic rings. The maximum absolute atomic E-state index is 13.2. The maximum atomic E-state index is 13.2. The lowest BCUT2D eigenvalue weighted by molar-refractivity contribution is -0.117. The van der Waals surface area contributed by atoms with Gasteiger partial charge in [-0.15, -0.1) is 0 Å². The summed E-state index contributed by atoms with van der Waals surface area (Å²) in [5.41, 5.74) is 0.726. The van der Waals surface area contributed by atoms with E-state index in [1.54, 1.807) is 0 Å². The first-order chi connectivity index (χ1) is 13.0. The van der Waals surface area contributed by atoms with Gasteiger partial charge in [0.15, 0.2) is 0 Å². The molecule has 27 heavy (non-hydrogen) atoms. The van der Waals surface area contributed by atoms with Crippen molar-refractivity contribution in [1.29, 1.82) is 0 Å². The number of likely N-dealkylation sites (tertiary alicyclic amines) is 1. The summed E-state index contributed by atoms with van der Waals surface area (Å²) in [6.45, 7) is 1.60. The monoisotopic (exact) mass is 373 g/mol. The van der Waals surface area contributed by atoms with Crippen LogP contribution >= 0.6 is 0 Å². The smallest absolute Gasteiger partial charge is 0.251 e. The summed E-state index contributed by atoms with van der Waals surface area (Å²) in [4.78, 5) is 26.3. The summed E-state index contributed by atoms with van der Waals surface area (Å²) >= 11 is 0. The van der Waals surface area contributed by atoms with E-state index in [1.807, 2.05) is 35.2 Å². The molecule has 0 saturated carbocycles. The van der Waals surface area contributed by atoms with Crippen LogP contribution in [0.3, 0.4) is 0 Å². The maximum Gasteiger partial charge on any atom is 0.251 e. The third-order valence-electron chi connectivity index (χ3n) is 4.47. The highest BCUT2D eigenvalue weighted by Gasteiger charge is 2.23. The van der Waals surface area contributed by atoms with E-state index in [0.717, 1.165) is 23.9 Å². The predicted molar refractivity (Wildman–Crippen MR) is 98.4 cm³/mol. The molecule has 0 spiro atoms. The minimum absolute atomic E-state index is 0.0304. The van der Waals surface area contributed by atoms with Crippen LogP contribution in [0.25, 0.3) is 0 Å². The highest BCUT2D eigenvalue weighted by Crippen LogP contribution is 2.13. The number of piperidine rings is 1. The van der Waals surface area contributed by atoms with Gasteiger partial charge in [0.05, 0.1) is 6.54 Å². The Kier molecular flexibility index (Phi) is 6.13. The second kappa shape index (κ2) is 8.73. The largest absolute Gasteiger partial charge is 0.349 e. The van der Waals surface area contributed by atoms with Crippen molar-refractivity contribution in [3.05, 3.63) is 65.7 Å². The normalized spacial score (nSPS) is 15.3. The van der Waals surface area contributed by atoms with Crippen LogP contribution in [0.5, 0.6) is 0 Å². The molecule has 1 heterocycles. The van der Waals surface area contributed by atoms with E-state index in [1.165, 1.54) is 0 Å². The average Bonchev–Trinajstić information content (AvgIpc) is 2.63. The number of halogens is 2. The standard InChI is InChI=1S/C20H21F2N3O2/c21-15-10-14(11-16(22)12-15)20(27)24-18-6-8-25(9-7-18)13-19(26)23-17-4-2-1-3-5-17/h1-5,10-12,18H,6-9,13H2,(H,23,26)(H,24,27). The Morgan fingerprint density at radius 1 is 1.00 bits per heavy atom. The summed E-state index contributed by atoms with van der Waals surface area (Å²) in [5, 5.41) is 5.65. The van der Waals surface area contributed by atoms with Crippen LogP contribution < -0.4 is 10.6 Å². The zero-order chi connectivity index (χ0) is 19.2. The van der Waals surface area contributed by atoms with Crippen molar-refractivity contribution in [2.45, 2.75) is 18.9 Å². The highest BCUT2D eigenvalue weighted by atomic mass is 19.1. The minimum atomic E-state index is -0.778. The van der Waals surface area contributed by atoms with Crippen LogP contribution in [0.15, 0.2) is 48.5 Å². The van der Waals surface area contributed by atoms with Gasteiger partial charge in [0.2, 0.25) is 5.91 Å². The summed E-state index contributed by atoms with van der Waals surface area (Å²) in [5.74, 6) is -2.13. The summed E-state index contributed by atoms with van der Waals surface area (Å²) in [7, 11) is 0. The topological polar surface area (TPSA) is 61.4 Å². The van der Waals surface area contributed by atoms with Gasteiger partial charge in [-0.2, -0.15) is 0 Å². The third-order valence-corrected chi connectivity index (χ3v) is 4.47. The first-order valence-electron chi connectivity index (χ1n) is 8.84. The number of benzene rings is 2. The fourth-order valence-electron chi connectivity index (χ4n) is 3.11. The van der Waals surface area contributed by atoms with E-state index in [2.05, 4.69) is 10.6 Å². The van der Waals surface area contributed by atoms with E-state index in [-0.39, 0.29) is 24.1 Å². The Morgan fingerprint density at radius 2 is 1.63 bits per heavy atom. The number of hydrogen-bond acceptors (Lipinski definition) is 3. The van der Waals surface area contributed by atoms with Gasteiger partial charge < -0.3 is 10.6 Å². The number of amides is 2. The van der Waals surface area contributed by atoms with Gasteiger partial charge in [0, 0.05) is 36.4 Å². The van der Waals surface area contributed by atoms with E-state index in [0.29, 0.717) is 25.9 Å². The number of nitrogens with one attached hydrogen (secondary N) is 2. The van der Waals surface area contributed by atoms with Crippen LogP contribution in [0.2, 0.25) is 0 Å². The molecule has 1 fully saturated rings. The highest BCUT2D eigenvalue weighted by molar-refractivity contribution is 5.94. The second-order valence-electron chi connectivity index (χ2n) is 6.60.